The van der Waals surface area contributed by atoms with Crippen LogP contribution in [0.2, 0.25) is 0 Å². The second-order valence-corrected chi connectivity index (χ2v) is 6.34. The van der Waals surface area contributed by atoms with E-state index in [-0.39, 0.29) is 18.1 Å². The summed E-state index contributed by atoms with van der Waals surface area (Å²) in [5, 5.41) is 9.13. The van der Waals surface area contributed by atoms with Crippen LogP contribution in [0.1, 0.15) is 37.3 Å². The molecule has 6 heteroatoms. The van der Waals surface area contributed by atoms with Crippen molar-refractivity contribution in [2.45, 2.75) is 32.7 Å². The molecule has 0 aromatic heterocycles. The number of fused-ring (bicyclic) bond motifs is 1. The van der Waals surface area contributed by atoms with E-state index in [1.165, 1.54) is 23.1 Å². The van der Waals surface area contributed by atoms with Gasteiger partial charge in [-0.1, -0.05) is 19.4 Å². The van der Waals surface area contributed by atoms with Gasteiger partial charge in [-0.25, -0.2) is 4.39 Å². The van der Waals surface area contributed by atoms with Gasteiger partial charge < -0.3 is 14.4 Å². The second kappa shape index (κ2) is 8.54. The number of unbranched alkanes of at least 4 members (excludes halogenated alkanes) is 1. The van der Waals surface area contributed by atoms with Gasteiger partial charge in [0.25, 0.3) is 0 Å². The fourth-order valence-electron chi connectivity index (χ4n) is 2.93. The first-order chi connectivity index (χ1) is 13.1. The summed E-state index contributed by atoms with van der Waals surface area (Å²) in [5.74, 6) is 0.564. The fraction of sp³-hybridized carbons (Fsp3) is 0.333. The van der Waals surface area contributed by atoms with Crippen LogP contribution in [0.5, 0.6) is 11.5 Å². The van der Waals surface area contributed by atoms with Crippen molar-refractivity contribution in [1.29, 1.82) is 5.26 Å². The van der Waals surface area contributed by atoms with E-state index >= 15 is 0 Å². The third-order valence-electron chi connectivity index (χ3n) is 4.36. The molecule has 1 heterocycles. The molecule has 1 amide bonds. The number of halogens is 1. The highest BCUT2D eigenvalue weighted by Gasteiger charge is 2.21. The van der Waals surface area contributed by atoms with Gasteiger partial charge >= 0.3 is 0 Å². The highest BCUT2D eigenvalue weighted by Crippen LogP contribution is 2.32. The first kappa shape index (κ1) is 18.7. The largest absolute Gasteiger partial charge is 0.486 e. The van der Waals surface area contributed by atoms with Gasteiger partial charge in [0.05, 0.1) is 23.9 Å². The van der Waals surface area contributed by atoms with Crippen molar-refractivity contribution in [3.63, 3.8) is 0 Å². The normalized spacial score (nSPS) is 12.3. The molecular weight excluding hydrogens is 347 g/mol. The number of benzene rings is 2. The van der Waals surface area contributed by atoms with E-state index in [2.05, 4.69) is 0 Å². The monoisotopic (exact) mass is 368 g/mol. The fourth-order valence-corrected chi connectivity index (χ4v) is 2.93. The number of nitriles is 1. The molecule has 0 atom stereocenters. The zero-order chi connectivity index (χ0) is 19.2. The van der Waals surface area contributed by atoms with Gasteiger partial charge in [0, 0.05) is 6.42 Å². The Morgan fingerprint density at radius 1 is 1.19 bits per heavy atom. The quantitative estimate of drug-likeness (QED) is 0.767. The Hall–Kier alpha value is -3.07. The number of hydrogen-bond donors (Lipinski definition) is 0. The van der Waals surface area contributed by atoms with Crippen molar-refractivity contribution in [3.8, 4) is 17.6 Å². The third kappa shape index (κ3) is 4.37. The lowest BCUT2D eigenvalue weighted by atomic mass is 10.1. The highest BCUT2D eigenvalue weighted by molar-refractivity contribution is 5.93. The first-order valence-electron chi connectivity index (χ1n) is 9.01. The summed E-state index contributed by atoms with van der Waals surface area (Å²) in [7, 11) is 0. The maximum Gasteiger partial charge on any atom is 0.227 e. The number of hydrogen-bond acceptors (Lipinski definition) is 4. The van der Waals surface area contributed by atoms with Crippen LogP contribution in [-0.4, -0.2) is 19.1 Å². The van der Waals surface area contributed by atoms with Crippen molar-refractivity contribution in [2.75, 3.05) is 18.1 Å². The molecule has 0 saturated heterocycles. The topological polar surface area (TPSA) is 62.6 Å². The third-order valence-corrected chi connectivity index (χ3v) is 4.36. The molecule has 0 fully saturated rings. The van der Waals surface area contributed by atoms with Gasteiger partial charge in [0.15, 0.2) is 11.5 Å². The predicted octanol–water partition coefficient (Wildman–Crippen LogP) is 4.19. The molecule has 0 unspecified atom stereocenters. The Morgan fingerprint density at radius 3 is 2.70 bits per heavy atom. The van der Waals surface area contributed by atoms with Crippen LogP contribution < -0.4 is 14.4 Å². The average Bonchev–Trinajstić information content (AvgIpc) is 2.70. The molecule has 0 spiro atoms. The van der Waals surface area contributed by atoms with Gasteiger partial charge in [0.1, 0.15) is 19.0 Å². The Kier molecular flexibility index (Phi) is 5.92. The minimum absolute atomic E-state index is 0.116. The molecule has 3 rings (SSSR count). The van der Waals surface area contributed by atoms with Crippen molar-refractivity contribution in [3.05, 3.63) is 53.3 Å². The zero-order valence-electron chi connectivity index (χ0n) is 15.2. The van der Waals surface area contributed by atoms with Crippen LogP contribution in [0.4, 0.5) is 10.1 Å². The van der Waals surface area contributed by atoms with Crippen LogP contribution in [0.15, 0.2) is 36.4 Å². The van der Waals surface area contributed by atoms with Crippen molar-refractivity contribution < 1.29 is 18.7 Å². The molecule has 140 valence electrons. The zero-order valence-corrected chi connectivity index (χ0v) is 15.2. The summed E-state index contributed by atoms with van der Waals surface area (Å²) < 4.78 is 25.6. The Bertz CT molecular complexity index is 876. The number of anilines is 1. The number of rotatable bonds is 6. The van der Waals surface area contributed by atoms with Crippen LogP contribution in [0, 0.1) is 17.1 Å². The number of carbonyl (C=O) groups excluding carboxylic acids is 1. The Morgan fingerprint density at radius 2 is 1.96 bits per heavy atom. The molecule has 0 N–H and O–H groups in total. The predicted molar refractivity (Wildman–Crippen MR) is 99.3 cm³/mol. The lowest BCUT2D eigenvalue weighted by Crippen LogP contribution is -2.31. The lowest BCUT2D eigenvalue weighted by molar-refractivity contribution is -0.118. The molecule has 2 aromatic carbocycles. The molecule has 2 aromatic rings. The van der Waals surface area contributed by atoms with Crippen molar-refractivity contribution in [1.82, 2.24) is 0 Å². The molecule has 27 heavy (non-hydrogen) atoms. The molecule has 0 aliphatic carbocycles. The molecule has 0 radical (unpaired) electrons. The summed E-state index contributed by atoms with van der Waals surface area (Å²) in [6, 6.07) is 11.5. The first-order valence-corrected chi connectivity index (χ1v) is 9.01. The van der Waals surface area contributed by atoms with Crippen LogP contribution in [-0.2, 0) is 11.3 Å². The van der Waals surface area contributed by atoms with Crippen molar-refractivity contribution >= 4 is 11.6 Å². The molecule has 1 aliphatic rings. The number of amides is 1. The number of nitrogens with zero attached hydrogens (tertiary/aromatic N) is 2. The van der Waals surface area contributed by atoms with E-state index in [0.717, 1.165) is 18.4 Å². The van der Waals surface area contributed by atoms with Crippen molar-refractivity contribution in [2.24, 2.45) is 0 Å². The number of carbonyl (C=O) groups is 1. The molecule has 0 saturated carbocycles. The Labute approximate surface area is 157 Å². The van der Waals surface area contributed by atoms with E-state index in [9.17, 15) is 9.18 Å². The van der Waals surface area contributed by atoms with E-state index < -0.39 is 5.82 Å². The summed E-state index contributed by atoms with van der Waals surface area (Å²) in [6.45, 7) is 3.15. The van der Waals surface area contributed by atoms with E-state index in [4.69, 9.17) is 14.7 Å². The van der Waals surface area contributed by atoms with E-state index in [1.54, 1.807) is 12.1 Å². The maximum absolute atomic E-state index is 14.5. The second-order valence-electron chi connectivity index (χ2n) is 6.34. The minimum atomic E-state index is -0.531. The summed E-state index contributed by atoms with van der Waals surface area (Å²) in [6.07, 6.45) is 1.90. The molecule has 0 bridgehead atoms. The van der Waals surface area contributed by atoms with Gasteiger partial charge in [-0.15, -0.1) is 0 Å². The smallest absolute Gasteiger partial charge is 0.227 e. The number of ether oxygens (including phenoxy) is 2. The standard InChI is InChI=1S/C21H21FN2O3/c1-2-3-4-21(25)24(18-11-15(13-23)5-7-17(18)22)14-16-6-8-19-20(12-16)27-10-9-26-19/h5-8,11-12H,2-4,9-10,14H2,1H3. The van der Waals surface area contributed by atoms with Gasteiger partial charge in [-0.3, -0.25) is 4.79 Å². The molecule has 1 aliphatic heterocycles. The molecule has 5 nitrogen and oxygen atoms in total. The van der Waals surface area contributed by atoms with E-state index in [0.29, 0.717) is 36.7 Å². The SMILES string of the molecule is CCCCC(=O)N(Cc1ccc2c(c1)OCCO2)c1cc(C#N)ccc1F. The van der Waals surface area contributed by atoms with Crippen LogP contribution >= 0.6 is 0 Å². The average molecular weight is 368 g/mol. The van der Waals surface area contributed by atoms with Crippen LogP contribution in [0.3, 0.4) is 0 Å². The van der Waals surface area contributed by atoms with Crippen LogP contribution in [0.25, 0.3) is 0 Å². The highest BCUT2D eigenvalue weighted by atomic mass is 19.1. The van der Waals surface area contributed by atoms with E-state index in [1.807, 2.05) is 19.1 Å². The lowest BCUT2D eigenvalue weighted by Gasteiger charge is -2.25. The Balaban J connectivity index is 1.93. The minimum Gasteiger partial charge on any atom is -0.486 e. The maximum atomic E-state index is 14.5. The van der Waals surface area contributed by atoms with Gasteiger partial charge in [-0.05, 0) is 42.3 Å². The summed E-state index contributed by atoms with van der Waals surface area (Å²) >= 11 is 0. The summed E-state index contributed by atoms with van der Waals surface area (Å²) in [4.78, 5) is 14.2. The van der Waals surface area contributed by atoms with Gasteiger partial charge in [0.2, 0.25) is 5.91 Å². The molecular formula is C21H21FN2O3. The van der Waals surface area contributed by atoms with Gasteiger partial charge in [-0.2, -0.15) is 5.26 Å². The summed E-state index contributed by atoms with van der Waals surface area (Å²) in [5.41, 5.74) is 1.22.